The summed E-state index contributed by atoms with van der Waals surface area (Å²) in [6.45, 7) is 0. The van der Waals surface area contributed by atoms with Crippen molar-refractivity contribution in [2.24, 2.45) is 0 Å². The highest BCUT2D eigenvalue weighted by Crippen LogP contribution is 2.39. The van der Waals surface area contributed by atoms with Crippen LogP contribution in [0.3, 0.4) is 0 Å². The Bertz CT molecular complexity index is 551. The van der Waals surface area contributed by atoms with E-state index >= 15 is 0 Å². The zero-order valence-electron chi connectivity index (χ0n) is 6.87. The summed E-state index contributed by atoms with van der Waals surface area (Å²) in [5.41, 5.74) is 0.254. The van der Waals surface area contributed by atoms with Gasteiger partial charge in [-0.2, -0.15) is 10.5 Å². The van der Waals surface area contributed by atoms with Gasteiger partial charge in [-0.25, -0.2) is 0 Å². The second kappa shape index (κ2) is 3.02. The van der Waals surface area contributed by atoms with Crippen molar-refractivity contribution in [3.8, 4) is 12.1 Å². The van der Waals surface area contributed by atoms with Crippen LogP contribution in [-0.2, 0) is 21.4 Å². The van der Waals surface area contributed by atoms with Crippen LogP contribution in [0.4, 0.5) is 0 Å². The van der Waals surface area contributed by atoms with E-state index in [1.54, 1.807) is 11.5 Å². The molecule has 14 heavy (non-hydrogen) atoms. The Kier molecular flexibility index (Phi) is 1.95. The van der Waals surface area contributed by atoms with Gasteiger partial charge in [-0.3, -0.25) is 9.56 Å². The lowest BCUT2D eigenvalue weighted by molar-refractivity contribution is 1.47. The number of hydrogen-bond acceptors (Lipinski definition) is 4. The maximum absolute atomic E-state index is 8.87. The lowest BCUT2D eigenvalue weighted by Gasteiger charge is -1.95. The number of rotatable bonds is 0. The largest absolute Gasteiger partial charge is 0.271 e. The lowest BCUT2D eigenvalue weighted by Crippen LogP contribution is -1.89. The molecule has 0 radical (unpaired) electrons. The Labute approximate surface area is 85.6 Å². The van der Waals surface area contributed by atoms with E-state index in [0.29, 0.717) is 9.81 Å². The molecular weight excluding hydrogens is 216 g/mol. The van der Waals surface area contributed by atoms with Crippen LogP contribution in [-0.4, -0.2) is 0 Å². The normalized spacial score (nSPS) is 29.0. The molecule has 2 atom stereocenters. The van der Waals surface area contributed by atoms with Gasteiger partial charge in [-0.15, -0.1) is 0 Å². The van der Waals surface area contributed by atoms with Crippen LogP contribution in [0.15, 0.2) is 31.8 Å². The van der Waals surface area contributed by atoms with Gasteiger partial charge in [0.05, 0.1) is 10.5 Å². The maximum Gasteiger partial charge on any atom is 0.119 e. The van der Waals surface area contributed by atoms with Crippen LogP contribution in [0.25, 0.3) is 0 Å². The molecule has 2 heterocycles. The minimum Gasteiger partial charge on any atom is -0.271 e. The van der Waals surface area contributed by atoms with Gasteiger partial charge in [0, 0.05) is 4.91 Å². The highest BCUT2D eigenvalue weighted by Gasteiger charge is 2.32. The van der Waals surface area contributed by atoms with Crippen LogP contribution in [0.2, 0.25) is 0 Å². The number of nitrogens with zero attached hydrogens (tertiary/aromatic N) is 2. The number of nitriles is 2. The predicted molar refractivity (Wildman–Crippen MR) is 54.6 cm³/mol. The lowest BCUT2D eigenvalue weighted by atomic mass is 10.2. The Morgan fingerprint density at radius 1 is 1.21 bits per heavy atom. The molecule has 0 aliphatic carbocycles. The Balaban J connectivity index is 2.72. The van der Waals surface area contributed by atoms with E-state index in [1.807, 2.05) is 12.1 Å². The third-order valence-electron chi connectivity index (χ3n) is 1.89. The fourth-order valence-corrected chi connectivity index (χ4v) is 4.18. The third-order valence-corrected chi connectivity index (χ3v) is 4.78. The van der Waals surface area contributed by atoms with E-state index in [2.05, 4.69) is 0 Å². The molecule has 0 saturated carbocycles. The smallest absolute Gasteiger partial charge is 0.119 e. The molecule has 2 N–H and O–H groups in total. The first-order chi connectivity index (χ1) is 6.70. The molecule has 0 aromatic rings. The van der Waals surface area contributed by atoms with Gasteiger partial charge < -0.3 is 0 Å². The summed E-state index contributed by atoms with van der Waals surface area (Å²) in [5, 5.41) is 19.3. The van der Waals surface area contributed by atoms with Crippen LogP contribution < -0.4 is 0 Å². The van der Waals surface area contributed by atoms with Crippen molar-refractivity contribution in [1.82, 2.24) is 0 Å². The van der Waals surface area contributed by atoms with E-state index in [1.165, 1.54) is 0 Å². The minimum atomic E-state index is -1.04. The maximum atomic E-state index is 8.87. The average molecular weight is 220 g/mol. The summed E-state index contributed by atoms with van der Waals surface area (Å²) in [6.07, 6.45) is 1.70. The molecule has 2 rings (SSSR count). The minimum absolute atomic E-state index is 0.214. The van der Waals surface area contributed by atoms with Crippen molar-refractivity contribution in [1.29, 1.82) is 20.1 Å². The topological polar surface area (TPSA) is 95.3 Å². The van der Waals surface area contributed by atoms with Crippen LogP contribution in [0.5, 0.6) is 0 Å². The van der Waals surface area contributed by atoms with E-state index in [-0.39, 0.29) is 10.5 Å². The molecule has 0 aromatic carbocycles. The van der Waals surface area contributed by atoms with E-state index in [9.17, 15) is 0 Å². The van der Waals surface area contributed by atoms with Gasteiger partial charge in [-0.1, -0.05) is 0 Å². The van der Waals surface area contributed by atoms with Crippen LogP contribution in [0, 0.1) is 32.2 Å². The molecule has 0 bridgehead atoms. The SMILES string of the molecule is N#CC1=C(C#N)S(=N)C2=C1S(=N)C=C2. The molecule has 0 fully saturated rings. The highest BCUT2D eigenvalue weighted by molar-refractivity contribution is 7.99. The van der Waals surface area contributed by atoms with Crippen molar-refractivity contribution in [3.05, 3.63) is 31.8 Å². The fourth-order valence-electron chi connectivity index (χ4n) is 1.29. The van der Waals surface area contributed by atoms with Gasteiger partial charge >= 0.3 is 0 Å². The van der Waals surface area contributed by atoms with Gasteiger partial charge in [0.1, 0.15) is 17.0 Å². The van der Waals surface area contributed by atoms with Crippen LogP contribution >= 0.6 is 0 Å². The van der Waals surface area contributed by atoms with Gasteiger partial charge in [0.2, 0.25) is 0 Å². The molecule has 0 aromatic heterocycles. The molecule has 2 unspecified atom stereocenters. The van der Waals surface area contributed by atoms with E-state index in [0.717, 1.165) is 0 Å². The van der Waals surface area contributed by atoms with Gasteiger partial charge in [-0.05, 0) is 32.9 Å². The summed E-state index contributed by atoms with van der Waals surface area (Å²) >= 11 is 0. The quantitative estimate of drug-likeness (QED) is 0.651. The van der Waals surface area contributed by atoms with Crippen molar-refractivity contribution in [2.75, 3.05) is 0 Å². The number of nitrogens with one attached hydrogen (secondary N) is 2. The Morgan fingerprint density at radius 2 is 1.93 bits per heavy atom. The van der Waals surface area contributed by atoms with Gasteiger partial charge in [0.15, 0.2) is 0 Å². The molecule has 68 valence electrons. The fraction of sp³-hybridized carbons (Fsp3) is 0. The first-order valence-electron chi connectivity index (χ1n) is 3.58. The molecular formula is C8H4N4S2. The van der Waals surface area contributed by atoms with Crippen molar-refractivity contribution < 1.29 is 0 Å². The standard InChI is InChI=1S/C8H4N4S2/c9-3-5-7(4-10)14(12)6-1-2-13(11)8(5)6/h1-2,11-12H. The monoisotopic (exact) mass is 220 g/mol. The molecule has 4 nitrogen and oxygen atoms in total. The average Bonchev–Trinajstić information content (AvgIpc) is 2.67. The summed E-state index contributed by atoms with van der Waals surface area (Å²) in [7, 11) is -1.89. The zero-order valence-corrected chi connectivity index (χ0v) is 8.50. The zero-order chi connectivity index (χ0) is 10.3. The molecule has 0 spiro atoms. The summed E-state index contributed by atoms with van der Waals surface area (Å²) in [4.78, 5) is 1.48. The second-order valence-electron chi connectivity index (χ2n) is 2.57. The van der Waals surface area contributed by atoms with Gasteiger partial charge in [0.25, 0.3) is 0 Å². The van der Waals surface area contributed by atoms with Crippen LogP contribution in [0.1, 0.15) is 0 Å². The van der Waals surface area contributed by atoms with E-state index < -0.39 is 21.4 Å². The molecule has 0 amide bonds. The van der Waals surface area contributed by atoms with Crippen molar-refractivity contribution >= 4 is 21.4 Å². The van der Waals surface area contributed by atoms with Crippen molar-refractivity contribution in [3.63, 3.8) is 0 Å². The summed E-state index contributed by atoms with van der Waals surface area (Å²) < 4.78 is 15.4. The first-order valence-corrected chi connectivity index (χ1v) is 6.09. The van der Waals surface area contributed by atoms with E-state index in [4.69, 9.17) is 20.1 Å². The molecule has 2 aliphatic rings. The summed E-state index contributed by atoms with van der Waals surface area (Å²) in [5.74, 6) is 0. The second-order valence-corrected chi connectivity index (χ2v) is 5.38. The number of hydrogen-bond donors (Lipinski definition) is 2. The predicted octanol–water partition coefficient (Wildman–Crippen LogP) is 1.80. The Morgan fingerprint density at radius 3 is 2.50 bits per heavy atom. The molecule has 6 heteroatoms. The third kappa shape index (κ3) is 0.955. The Hall–Kier alpha value is -1.50. The van der Waals surface area contributed by atoms with Crippen molar-refractivity contribution in [2.45, 2.75) is 0 Å². The number of allylic oxidation sites excluding steroid dienone is 3. The summed E-state index contributed by atoms with van der Waals surface area (Å²) in [6, 6.07) is 3.82. The highest BCUT2D eigenvalue weighted by atomic mass is 32.2. The molecule has 2 aliphatic heterocycles. The molecule has 0 saturated heterocycles. The first kappa shape index (κ1) is 9.07.